The normalized spacial score (nSPS) is 14.0. The van der Waals surface area contributed by atoms with E-state index in [1.54, 1.807) is 0 Å². The summed E-state index contributed by atoms with van der Waals surface area (Å²) in [6.45, 7) is 2.20. The maximum atomic E-state index is 12.6. The lowest BCUT2D eigenvalue weighted by Crippen LogP contribution is -2.52. The van der Waals surface area contributed by atoms with Crippen molar-refractivity contribution in [1.82, 2.24) is 10.6 Å². The minimum Gasteiger partial charge on any atom is -0.480 e. The summed E-state index contributed by atoms with van der Waals surface area (Å²) in [6, 6.07) is 14.1. The van der Waals surface area contributed by atoms with Gasteiger partial charge in [0.15, 0.2) is 0 Å². The Morgan fingerprint density at radius 2 is 1.55 bits per heavy atom. The largest absolute Gasteiger partial charge is 0.480 e. The summed E-state index contributed by atoms with van der Waals surface area (Å²) in [5.41, 5.74) is 4.44. The Labute approximate surface area is 193 Å². The number of carboxylic acid groups (broad SMARTS) is 1. The number of benzene rings is 2. The Morgan fingerprint density at radius 3 is 2.09 bits per heavy atom. The minimum absolute atomic E-state index is 0.0907. The van der Waals surface area contributed by atoms with Gasteiger partial charge in [-0.3, -0.25) is 4.79 Å². The summed E-state index contributed by atoms with van der Waals surface area (Å²) in [7, 11) is 1.46. The predicted octanol–water partition coefficient (Wildman–Crippen LogP) is 3.30. The zero-order valence-corrected chi connectivity index (χ0v) is 18.9. The summed E-state index contributed by atoms with van der Waals surface area (Å²) < 4.78 is 10.4. The van der Waals surface area contributed by atoms with E-state index in [0.717, 1.165) is 22.3 Å². The highest BCUT2D eigenvalue weighted by Gasteiger charge is 2.30. The molecular weight excluding hydrogens is 424 g/mol. The number of carbonyl (C=O) groups excluding carboxylic acids is 2. The van der Waals surface area contributed by atoms with Gasteiger partial charge in [-0.2, -0.15) is 0 Å². The van der Waals surface area contributed by atoms with Gasteiger partial charge in [-0.1, -0.05) is 61.9 Å². The first-order chi connectivity index (χ1) is 16.0. The van der Waals surface area contributed by atoms with E-state index in [0.29, 0.717) is 12.8 Å². The average Bonchev–Trinajstić information content (AvgIpc) is 3.13. The first-order valence-electron chi connectivity index (χ1n) is 11.1. The van der Waals surface area contributed by atoms with E-state index in [4.69, 9.17) is 9.47 Å². The minimum atomic E-state index is -1.16. The van der Waals surface area contributed by atoms with Gasteiger partial charge in [-0.25, -0.2) is 9.59 Å². The Balaban J connectivity index is 1.62. The quantitative estimate of drug-likeness (QED) is 0.480. The highest BCUT2D eigenvalue weighted by atomic mass is 16.5. The van der Waals surface area contributed by atoms with E-state index in [-0.39, 0.29) is 25.6 Å². The molecule has 3 rings (SSSR count). The zero-order chi connectivity index (χ0) is 23.8. The third-order valence-electron chi connectivity index (χ3n) is 5.75. The van der Waals surface area contributed by atoms with Gasteiger partial charge in [0, 0.05) is 26.1 Å². The van der Waals surface area contributed by atoms with Gasteiger partial charge in [0.1, 0.15) is 18.7 Å². The fourth-order valence-electron chi connectivity index (χ4n) is 4.11. The van der Waals surface area contributed by atoms with Crippen LogP contribution in [0.25, 0.3) is 11.1 Å². The second kappa shape index (κ2) is 11.5. The number of carbonyl (C=O) groups is 3. The van der Waals surface area contributed by atoms with Gasteiger partial charge in [-0.15, -0.1) is 0 Å². The lowest BCUT2D eigenvalue weighted by molar-refractivity contribution is -0.142. The van der Waals surface area contributed by atoms with Crippen LogP contribution < -0.4 is 10.6 Å². The molecule has 0 spiro atoms. The van der Waals surface area contributed by atoms with Crippen molar-refractivity contribution < 1.29 is 29.0 Å². The van der Waals surface area contributed by atoms with Crippen molar-refractivity contribution in [3.63, 3.8) is 0 Å². The molecule has 2 aromatic carbocycles. The van der Waals surface area contributed by atoms with Gasteiger partial charge >= 0.3 is 12.1 Å². The van der Waals surface area contributed by atoms with Crippen molar-refractivity contribution in [2.45, 2.75) is 44.2 Å². The monoisotopic (exact) mass is 454 g/mol. The molecule has 0 aromatic heterocycles. The molecule has 1 aliphatic rings. The van der Waals surface area contributed by atoms with E-state index in [1.807, 2.05) is 43.3 Å². The summed E-state index contributed by atoms with van der Waals surface area (Å²) in [4.78, 5) is 36.6. The molecule has 2 amide bonds. The maximum Gasteiger partial charge on any atom is 0.407 e. The van der Waals surface area contributed by atoms with E-state index in [2.05, 4.69) is 22.8 Å². The fourth-order valence-corrected chi connectivity index (χ4v) is 4.11. The first kappa shape index (κ1) is 24.3. The van der Waals surface area contributed by atoms with Crippen LogP contribution in [0.3, 0.4) is 0 Å². The lowest BCUT2D eigenvalue weighted by atomic mass is 9.98. The average molecular weight is 455 g/mol. The number of fused-ring (bicyclic) bond motifs is 3. The highest BCUT2D eigenvalue weighted by Crippen LogP contribution is 2.44. The van der Waals surface area contributed by atoms with Crippen LogP contribution in [0.1, 0.15) is 43.2 Å². The van der Waals surface area contributed by atoms with Gasteiger partial charge in [0.25, 0.3) is 0 Å². The molecular formula is C25H30N2O6. The SMILES string of the molecule is CCC[C@@H](NC(=O)OCC1c2ccccc2-c2ccccc21)C(=O)NC(CCOC)C(=O)O. The highest BCUT2D eigenvalue weighted by molar-refractivity contribution is 5.89. The molecule has 2 atom stereocenters. The lowest BCUT2D eigenvalue weighted by Gasteiger charge is -2.21. The van der Waals surface area contributed by atoms with E-state index < -0.39 is 30.1 Å². The number of aliphatic carboxylic acids is 1. The zero-order valence-electron chi connectivity index (χ0n) is 18.9. The summed E-state index contributed by atoms with van der Waals surface area (Å²) in [6.07, 6.45) is 0.389. The molecule has 0 aliphatic heterocycles. The van der Waals surface area contributed by atoms with Crippen LogP contribution in [0.15, 0.2) is 48.5 Å². The van der Waals surface area contributed by atoms with Crippen molar-refractivity contribution in [1.29, 1.82) is 0 Å². The maximum absolute atomic E-state index is 12.6. The first-order valence-corrected chi connectivity index (χ1v) is 11.1. The molecule has 1 aliphatic carbocycles. The smallest absolute Gasteiger partial charge is 0.407 e. The number of alkyl carbamates (subject to hydrolysis) is 1. The number of nitrogens with one attached hydrogen (secondary N) is 2. The van der Waals surface area contributed by atoms with Crippen molar-refractivity contribution in [3.05, 3.63) is 59.7 Å². The van der Waals surface area contributed by atoms with Crippen LogP contribution in [0.4, 0.5) is 4.79 Å². The number of amides is 2. The fraction of sp³-hybridized carbons (Fsp3) is 0.400. The van der Waals surface area contributed by atoms with Crippen LogP contribution in [0, 0.1) is 0 Å². The molecule has 33 heavy (non-hydrogen) atoms. The molecule has 176 valence electrons. The molecule has 3 N–H and O–H groups in total. The van der Waals surface area contributed by atoms with Gasteiger partial charge in [-0.05, 0) is 28.7 Å². The number of ether oxygens (including phenoxy) is 2. The summed E-state index contributed by atoms with van der Waals surface area (Å²) in [5, 5.41) is 14.4. The number of methoxy groups -OCH3 is 1. The number of rotatable bonds is 11. The molecule has 0 radical (unpaired) electrons. The second-order valence-corrected chi connectivity index (χ2v) is 7.99. The Kier molecular flexibility index (Phi) is 8.43. The standard InChI is InChI=1S/C25H30N2O6/c1-3-8-21(23(28)26-22(24(29)30)13-14-32-2)27-25(31)33-15-20-18-11-6-4-9-16(18)17-10-5-7-12-19(17)20/h4-7,9-12,20-22H,3,8,13-15H2,1-2H3,(H,26,28)(H,27,31)(H,29,30)/t21-,22?/m1/s1. The summed E-state index contributed by atoms with van der Waals surface area (Å²) in [5.74, 6) is -1.81. The van der Waals surface area contributed by atoms with Gasteiger partial charge in [0.05, 0.1) is 0 Å². The van der Waals surface area contributed by atoms with Crippen LogP contribution in [-0.2, 0) is 19.1 Å². The molecule has 0 saturated heterocycles. The third kappa shape index (κ3) is 5.90. The van der Waals surface area contributed by atoms with Crippen molar-refractivity contribution in [2.24, 2.45) is 0 Å². The molecule has 0 saturated carbocycles. The predicted molar refractivity (Wildman–Crippen MR) is 123 cm³/mol. The molecule has 0 fully saturated rings. The third-order valence-corrected chi connectivity index (χ3v) is 5.75. The van der Waals surface area contributed by atoms with Crippen molar-refractivity contribution >= 4 is 18.0 Å². The Hall–Kier alpha value is -3.39. The Morgan fingerprint density at radius 1 is 0.939 bits per heavy atom. The van der Waals surface area contributed by atoms with Crippen molar-refractivity contribution in [3.8, 4) is 11.1 Å². The van der Waals surface area contributed by atoms with E-state index in [1.165, 1.54) is 7.11 Å². The van der Waals surface area contributed by atoms with Gasteiger partial charge in [0.2, 0.25) is 5.91 Å². The molecule has 1 unspecified atom stereocenters. The second-order valence-electron chi connectivity index (χ2n) is 7.99. The Bertz CT molecular complexity index is 947. The van der Waals surface area contributed by atoms with E-state index in [9.17, 15) is 19.5 Å². The number of hydrogen-bond acceptors (Lipinski definition) is 5. The topological polar surface area (TPSA) is 114 Å². The van der Waals surface area contributed by atoms with Gasteiger partial charge < -0.3 is 25.2 Å². The molecule has 8 nitrogen and oxygen atoms in total. The molecule has 0 bridgehead atoms. The van der Waals surface area contributed by atoms with Crippen LogP contribution in [0.5, 0.6) is 0 Å². The van der Waals surface area contributed by atoms with Crippen molar-refractivity contribution in [2.75, 3.05) is 20.3 Å². The number of carboxylic acids is 1. The van der Waals surface area contributed by atoms with Crippen LogP contribution in [0.2, 0.25) is 0 Å². The summed E-state index contributed by atoms with van der Waals surface area (Å²) >= 11 is 0. The van der Waals surface area contributed by atoms with Crippen LogP contribution in [-0.4, -0.2) is 55.5 Å². The number of hydrogen-bond donors (Lipinski definition) is 3. The molecule has 0 heterocycles. The molecule has 8 heteroatoms. The van der Waals surface area contributed by atoms with Crippen LogP contribution >= 0.6 is 0 Å². The van der Waals surface area contributed by atoms with E-state index >= 15 is 0 Å². The molecule has 2 aromatic rings.